The fourth-order valence-corrected chi connectivity index (χ4v) is 4.50. The van der Waals surface area contributed by atoms with Crippen LogP contribution in [0.1, 0.15) is 76.7 Å². The summed E-state index contributed by atoms with van der Waals surface area (Å²) in [5.41, 5.74) is 1.43. The Kier molecular flexibility index (Phi) is 12.0. The van der Waals surface area contributed by atoms with E-state index in [4.69, 9.17) is 11.6 Å². The van der Waals surface area contributed by atoms with Crippen molar-refractivity contribution < 1.29 is 0 Å². The fraction of sp³-hybridized carbons (Fsp3) is 0.700. The number of unbranched alkanes of at least 4 members (excludes halogenated alkanes) is 9. The molecule has 0 spiro atoms. The summed E-state index contributed by atoms with van der Waals surface area (Å²) < 4.78 is 0. The molecule has 0 saturated heterocycles. The highest BCUT2D eigenvalue weighted by molar-refractivity contribution is 7.95. The lowest BCUT2D eigenvalue weighted by atomic mass is 10.1. The smallest absolute Gasteiger partial charge is 0.0843 e. The van der Waals surface area contributed by atoms with E-state index in [0.717, 1.165) is 5.02 Å². The molecule has 2 heteroatoms. The number of rotatable bonds is 13. The van der Waals surface area contributed by atoms with Gasteiger partial charge in [-0.2, -0.15) is 0 Å². The van der Waals surface area contributed by atoms with Crippen LogP contribution >= 0.6 is 11.6 Å². The van der Waals surface area contributed by atoms with Crippen LogP contribution in [0.4, 0.5) is 0 Å². The summed E-state index contributed by atoms with van der Waals surface area (Å²) >= 11 is 5.93. The third-order valence-electron chi connectivity index (χ3n) is 4.17. The van der Waals surface area contributed by atoms with Gasteiger partial charge in [0.05, 0.1) is 6.26 Å². The third-order valence-corrected chi connectivity index (χ3v) is 6.24. The van der Waals surface area contributed by atoms with Crippen LogP contribution in [-0.4, -0.2) is 12.0 Å². The molecule has 0 aromatic heterocycles. The first-order valence-corrected chi connectivity index (χ1v) is 11.4. The van der Waals surface area contributed by atoms with Gasteiger partial charge in [0, 0.05) is 10.6 Å². The van der Waals surface area contributed by atoms with E-state index in [1.165, 1.54) is 81.3 Å². The molecule has 0 nitrogen and oxygen atoms in total. The Balaban J connectivity index is 1.92. The summed E-state index contributed by atoms with van der Waals surface area (Å²) in [4.78, 5) is 0. The van der Waals surface area contributed by atoms with Gasteiger partial charge in [0.25, 0.3) is 0 Å². The zero-order chi connectivity index (χ0) is 16.0. The third kappa shape index (κ3) is 10.6. The highest BCUT2D eigenvalue weighted by Gasteiger charge is 2.11. The summed E-state index contributed by atoms with van der Waals surface area (Å²) in [7, 11) is 0.517. The Morgan fingerprint density at radius 2 is 1.27 bits per heavy atom. The normalized spacial score (nSPS) is 12.5. The molecule has 0 radical (unpaired) electrons. The summed E-state index contributed by atoms with van der Waals surface area (Å²) in [5.74, 6) is 2.60. The molecule has 0 heterocycles. The molecule has 0 aliphatic rings. The zero-order valence-corrected chi connectivity index (χ0v) is 16.2. The van der Waals surface area contributed by atoms with Gasteiger partial charge in [-0.1, -0.05) is 82.0 Å². The van der Waals surface area contributed by atoms with Crippen LogP contribution < -0.4 is 0 Å². The summed E-state index contributed by atoms with van der Waals surface area (Å²) in [6.45, 7) is 2.29. The predicted octanol–water partition coefficient (Wildman–Crippen LogP) is 7.01. The quantitative estimate of drug-likeness (QED) is 0.267. The second-order valence-corrected chi connectivity index (χ2v) is 9.13. The molecule has 0 saturated carbocycles. The van der Waals surface area contributed by atoms with Crippen LogP contribution in [0.3, 0.4) is 0 Å². The number of halogens is 1. The van der Waals surface area contributed by atoms with Gasteiger partial charge in [-0.3, -0.25) is 0 Å². The van der Waals surface area contributed by atoms with Crippen LogP contribution in [0, 0.1) is 0 Å². The highest BCUT2D eigenvalue weighted by atomic mass is 35.5. The Bertz CT molecular complexity index is 360. The molecule has 1 rings (SSSR count). The van der Waals surface area contributed by atoms with E-state index < -0.39 is 0 Å². The van der Waals surface area contributed by atoms with E-state index in [1.54, 1.807) is 0 Å². The number of hydrogen-bond donors (Lipinski definition) is 0. The lowest BCUT2D eigenvalue weighted by Gasteiger charge is -2.05. The average molecular weight is 342 g/mol. The van der Waals surface area contributed by atoms with Gasteiger partial charge in [0.2, 0.25) is 0 Å². The van der Waals surface area contributed by atoms with Crippen LogP contribution in [0.2, 0.25) is 5.02 Å². The molecule has 0 bridgehead atoms. The maximum atomic E-state index is 5.93. The maximum absolute atomic E-state index is 5.93. The van der Waals surface area contributed by atoms with Gasteiger partial charge >= 0.3 is 0 Å². The summed E-state index contributed by atoms with van der Waals surface area (Å²) in [5, 5.41) is 0.842. The predicted molar refractivity (Wildman–Crippen MR) is 105 cm³/mol. The van der Waals surface area contributed by atoms with E-state index in [1.807, 2.05) is 12.1 Å². The number of benzene rings is 1. The van der Waals surface area contributed by atoms with Crippen LogP contribution in [0.5, 0.6) is 0 Å². The van der Waals surface area contributed by atoms with Gasteiger partial charge in [-0.25, -0.2) is 0 Å². The molecule has 0 aliphatic heterocycles. The summed E-state index contributed by atoms with van der Waals surface area (Å²) in [6, 6.07) is 8.36. The molecule has 22 heavy (non-hydrogen) atoms. The average Bonchev–Trinajstić information content (AvgIpc) is 2.51. The van der Waals surface area contributed by atoms with Gasteiger partial charge < -0.3 is 0 Å². The van der Waals surface area contributed by atoms with E-state index in [-0.39, 0.29) is 0 Å². The Morgan fingerprint density at radius 3 is 1.82 bits per heavy atom. The standard InChI is InChI=1S/C20H34ClS/c1-3-4-5-6-7-8-9-10-11-12-17-22(2)18-19-13-15-20(21)16-14-19/h13-16H,3-12,17-18H2,1-2H3/q+1. The topological polar surface area (TPSA) is 0 Å². The van der Waals surface area contributed by atoms with E-state index in [0.29, 0.717) is 10.9 Å². The molecule has 126 valence electrons. The minimum Gasteiger partial charge on any atom is -0.0843 e. The molecule has 1 unspecified atom stereocenters. The second-order valence-electron chi connectivity index (χ2n) is 6.44. The van der Waals surface area contributed by atoms with E-state index in [9.17, 15) is 0 Å². The molecule has 0 fully saturated rings. The second kappa shape index (κ2) is 13.3. The Labute approximate surface area is 146 Å². The Morgan fingerprint density at radius 1 is 0.773 bits per heavy atom. The van der Waals surface area contributed by atoms with Crippen molar-refractivity contribution in [1.82, 2.24) is 0 Å². The van der Waals surface area contributed by atoms with Crippen molar-refractivity contribution in [2.75, 3.05) is 12.0 Å². The first-order valence-electron chi connectivity index (χ1n) is 9.06. The molecule has 1 aromatic rings. The van der Waals surface area contributed by atoms with Crippen molar-refractivity contribution in [1.29, 1.82) is 0 Å². The van der Waals surface area contributed by atoms with Crippen molar-refractivity contribution in [3.63, 3.8) is 0 Å². The van der Waals surface area contributed by atoms with Crippen LogP contribution in [-0.2, 0) is 16.6 Å². The number of hydrogen-bond acceptors (Lipinski definition) is 0. The van der Waals surface area contributed by atoms with Crippen molar-refractivity contribution in [2.45, 2.75) is 76.9 Å². The van der Waals surface area contributed by atoms with Gasteiger partial charge in [0.15, 0.2) is 0 Å². The lowest BCUT2D eigenvalue weighted by Crippen LogP contribution is -2.08. The van der Waals surface area contributed by atoms with E-state index >= 15 is 0 Å². The minimum absolute atomic E-state index is 0.517. The highest BCUT2D eigenvalue weighted by Crippen LogP contribution is 2.15. The SMILES string of the molecule is CCCCCCCCCCCC[S+](C)Cc1ccc(Cl)cc1. The fourth-order valence-electron chi connectivity index (χ4n) is 2.77. The monoisotopic (exact) mass is 341 g/mol. The molecule has 1 atom stereocenters. The minimum atomic E-state index is 0.517. The molecule has 0 aliphatic carbocycles. The van der Waals surface area contributed by atoms with Crippen molar-refractivity contribution in [2.24, 2.45) is 0 Å². The molecular formula is C20H34ClS+. The van der Waals surface area contributed by atoms with Gasteiger partial charge in [-0.15, -0.1) is 0 Å². The first-order chi connectivity index (χ1) is 10.7. The Hall–Kier alpha value is -0.140. The van der Waals surface area contributed by atoms with Crippen LogP contribution in [0.15, 0.2) is 24.3 Å². The lowest BCUT2D eigenvalue weighted by molar-refractivity contribution is 0.563. The molecule has 0 amide bonds. The molecular weight excluding hydrogens is 308 g/mol. The van der Waals surface area contributed by atoms with Crippen molar-refractivity contribution in [3.05, 3.63) is 34.9 Å². The first kappa shape index (κ1) is 19.9. The molecule has 0 N–H and O–H groups in total. The van der Waals surface area contributed by atoms with Crippen molar-refractivity contribution in [3.8, 4) is 0 Å². The van der Waals surface area contributed by atoms with Crippen LogP contribution in [0.25, 0.3) is 0 Å². The van der Waals surface area contributed by atoms with Crippen molar-refractivity contribution >= 4 is 22.5 Å². The van der Waals surface area contributed by atoms with E-state index in [2.05, 4.69) is 25.3 Å². The largest absolute Gasteiger partial charge is 0.132 e. The van der Waals surface area contributed by atoms with Gasteiger partial charge in [-0.05, 0) is 35.9 Å². The molecule has 1 aromatic carbocycles. The maximum Gasteiger partial charge on any atom is 0.132 e. The summed E-state index contributed by atoms with van der Waals surface area (Å²) in [6.07, 6.45) is 16.7. The van der Waals surface area contributed by atoms with Gasteiger partial charge in [0.1, 0.15) is 11.5 Å². The zero-order valence-electron chi connectivity index (χ0n) is 14.6.